The lowest BCUT2D eigenvalue weighted by molar-refractivity contribution is -0.130. The van der Waals surface area contributed by atoms with E-state index in [9.17, 15) is 9.59 Å². The lowest BCUT2D eigenvalue weighted by atomic mass is 9.89. The van der Waals surface area contributed by atoms with Crippen LogP contribution in [0.25, 0.3) is 0 Å². The topological polar surface area (TPSA) is 52.7 Å². The third-order valence-electron chi connectivity index (χ3n) is 5.83. The summed E-state index contributed by atoms with van der Waals surface area (Å²) in [5.41, 5.74) is 0. The molecule has 5 nitrogen and oxygen atoms in total. The molecule has 0 radical (unpaired) electrons. The van der Waals surface area contributed by atoms with Gasteiger partial charge in [-0.3, -0.25) is 9.59 Å². The fourth-order valence-corrected chi connectivity index (χ4v) is 4.44. The summed E-state index contributed by atoms with van der Waals surface area (Å²) in [6.07, 6.45) is 9.30. The van der Waals surface area contributed by atoms with Gasteiger partial charge < -0.3 is 15.1 Å². The van der Waals surface area contributed by atoms with Crippen molar-refractivity contribution >= 4 is 11.8 Å². The first-order valence-electron chi connectivity index (χ1n) is 9.41. The SMILES string of the molecule is CC(=O)N1CCC(NC2CC(=O)N(CC3CCCCC3)C2)CC1. The fourth-order valence-electron chi connectivity index (χ4n) is 4.44. The zero-order chi connectivity index (χ0) is 16.2. The monoisotopic (exact) mass is 321 g/mol. The molecule has 5 heteroatoms. The summed E-state index contributed by atoms with van der Waals surface area (Å²) in [6, 6.07) is 0.762. The third-order valence-corrected chi connectivity index (χ3v) is 5.83. The first-order valence-corrected chi connectivity index (χ1v) is 9.41. The Balaban J connectivity index is 1.42. The van der Waals surface area contributed by atoms with Gasteiger partial charge in [0.15, 0.2) is 0 Å². The predicted octanol–water partition coefficient (Wildman–Crippen LogP) is 1.77. The van der Waals surface area contributed by atoms with Crippen LogP contribution < -0.4 is 5.32 Å². The van der Waals surface area contributed by atoms with Crippen LogP contribution >= 0.6 is 0 Å². The number of carbonyl (C=O) groups excluding carboxylic acids is 2. The predicted molar refractivity (Wildman–Crippen MR) is 90.0 cm³/mol. The number of rotatable bonds is 4. The molecule has 1 aliphatic carbocycles. The van der Waals surface area contributed by atoms with Gasteiger partial charge in [-0.25, -0.2) is 0 Å². The quantitative estimate of drug-likeness (QED) is 0.858. The van der Waals surface area contributed by atoms with Gasteiger partial charge >= 0.3 is 0 Å². The highest BCUT2D eigenvalue weighted by molar-refractivity contribution is 5.79. The molecular weight excluding hydrogens is 290 g/mol. The number of hydrogen-bond donors (Lipinski definition) is 1. The van der Waals surface area contributed by atoms with Gasteiger partial charge in [-0.05, 0) is 31.6 Å². The van der Waals surface area contributed by atoms with Crippen LogP contribution in [-0.2, 0) is 9.59 Å². The maximum absolute atomic E-state index is 12.3. The minimum absolute atomic E-state index is 0.179. The Hall–Kier alpha value is -1.10. The molecule has 0 aromatic rings. The lowest BCUT2D eigenvalue weighted by Crippen LogP contribution is -2.48. The number of nitrogens with one attached hydrogen (secondary N) is 1. The van der Waals surface area contributed by atoms with Crippen molar-refractivity contribution in [2.24, 2.45) is 5.92 Å². The third kappa shape index (κ3) is 4.46. The van der Waals surface area contributed by atoms with E-state index in [0.717, 1.165) is 44.9 Å². The van der Waals surface area contributed by atoms with Gasteiger partial charge in [0, 0.05) is 51.6 Å². The molecule has 2 heterocycles. The van der Waals surface area contributed by atoms with Crippen molar-refractivity contribution in [3.8, 4) is 0 Å². The minimum Gasteiger partial charge on any atom is -0.343 e. The molecule has 2 saturated heterocycles. The molecule has 1 saturated carbocycles. The van der Waals surface area contributed by atoms with E-state index in [4.69, 9.17) is 0 Å². The number of piperidine rings is 1. The van der Waals surface area contributed by atoms with Crippen LogP contribution in [0.5, 0.6) is 0 Å². The Labute approximate surface area is 139 Å². The van der Waals surface area contributed by atoms with Gasteiger partial charge in [0.25, 0.3) is 0 Å². The first kappa shape index (κ1) is 16.7. The summed E-state index contributed by atoms with van der Waals surface area (Å²) in [5.74, 6) is 1.23. The molecule has 2 aliphatic heterocycles. The van der Waals surface area contributed by atoms with Crippen LogP contribution in [0.2, 0.25) is 0 Å². The second kappa shape index (κ2) is 7.65. The van der Waals surface area contributed by atoms with Gasteiger partial charge in [-0.1, -0.05) is 19.3 Å². The lowest BCUT2D eigenvalue weighted by Gasteiger charge is -2.33. The zero-order valence-electron chi connectivity index (χ0n) is 14.4. The molecule has 0 aromatic heterocycles. The average molecular weight is 321 g/mol. The van der Waals surface area contributed by atoms with Crippen LogP contribution in [0.1, 0.15) is 58.3 Å². The molecule has 0 bridgehead atoms. The highest BCUT2D eigenvalue weighted by Gasteiger charge is 2.33. The highest BCUT2D eigenvalue weighted by atomic mass is 16.2. The number of hydrogen-bond acceptors (Lipinski definition) is 3. The molecule has 1 atom stereocenters. The fraction of sp³-hybridized carbons (Fsp3) is 0.889. The van der Waals surface area contributed by atoms with Crippen molar-refractivity contribution in [1.29, 1.82) is 0 Å². The Kier molecular flexibility index (Phi) is 5.57. The van der Waals surface area contributed by atoms with Crippen molar-refractivity contribution < 1.29 is 9.59 Å². The Bertz CT molecular complexity index is 426. The molecule has 0 spiro atoms. The van der Waals surface area contributed by atoms with E-state index >= 15 is 0 Å². The van der Waals surface area contributed by atoms with E-state index in [2.05, 4.69) is 10.2 Å². The van der Waals surface area contributed by atoms with Crippen LogP contribution in [0.15, 0.2) is 0 Å². The molecule has 1 unspecified atom stereocenters. The molecule has 23 heavy (non-hydrogen) atoms. The van der Waals surface area contributed by atoms with Crippen molar-refractivity contribution in [2.45, 2.75) is 70.4 Å². The van der Waals surface area contributed by atoms with Gasteiger partial charge in [0.1, 0.15) is 0 Å². The Morgan fingerprint density at radius 1 is 1.09 bits per heavy atom. The molecular formula is C18H31N3O2. The maximum Gasteiger partial charge on any atom is 0.224 e. The smallest absolute Gasteiger partial charge is 0.224 e. The van der Waals surface area contributed by atoms with E-state index in [1.165, 1.54) is 32.1 Å². The molecule has 130 valence electrons. The molecule has 2 amide bonds. The van der Waals surface area contributed by atoms with Crippen molar-refractivity contribution in [3.05, 3.63) is 0 Å². The summed E-state index contributed by atoms with van der Waals surface area (Å²) in [7, 11) is 0. The van der Waals surface area contributed by atoms with Gasteiger partial charge in [-0.15, -0.1) is 0 Å². The number of carbonyl (C=O) groups is 2. The largest absolute Gasteiger partial charge is 0.343 e. The van der Waals surface area contributed by atoms with Crippen LogP contribution in [0.3, 0.4) is 0 Å². The van der Waals surface area contributed by atoms with Crippen molar-refractivity contribution in [2.75, 3.05) is 26.2 Å². The van der Waals surface area contributed by atoms with Gasteiger partial charge in [-0.2, -0.15) is 0 Å². The molecule has 3 fully saturated rings. The molecule has 1 N–H and O–H groups in total. The van der Waals surface area contributed by atoms with Crippen LogP contribution in [0, 0.1) is 5.92 Å². The zero-order valence-corrected chi connectivity index (χ0v) is 14.4. The second-order valence-electron chi connectivity index (χ2n) is 7.65. The summed E-state index contributed by atoms with van der Waals surface area (Å²) in [6.45, 7) is 5.19. The molecule has 3 rings (SSSR count). The summed E-state index contributed by atoms with van der Waals surface area (Å²) in [5, 5.41) is 3.67. The Morgan fingerprint density at radius 2 is 1.78 bits per heavy atom. The standard InChI is InChI=1S/C18H31N3O2/c1-14(22)20-9-7-16(8-10-20)19-17-11-18(23)21(13-17)12-15-5-3-2-4-6-15/h15-17,19H,2-13H2,1H3. The van der Waals surface area contributed by atoms with E-state index in [-0.39, 0.29) is 5.91 Å². The highest BCUT2D eigenvalue weighted by Crippen LogP contribution is 2.26. The van der Waals surface area contributed by atoms with Crippen molar-refractivity contribution in [3.63, 3.8) is 0 Å². The summed E-state index contributed by atoms with van der Waals surface area (Å²) >= 11 is 0. The van der Waals surface area contributed by atoms with Crippen LogP contribution in [0.4, 0.5) is 0 Å². The minimum atomic E-state index is 0.179. The number of likely N-dealkylation sites (tertiary alicyclic amines) is 2. The van der Waals surface area contributed by atoms with E-state index in [0.29, 0.717) is 24.4 Å². The summed E-state index contributed by atoms with van der Waals surface area (Å²) in [4.78, 5) is 27.7. The first-order chi connectivity index (χ1) is 11.1. The number of nitrogens with zero attached hydrogens (tertiary/aromatic N) is 2. The molecule has 3 aliphatic rings. The van der Waals surface area contributed by atoms with E-state index in [1.807, 2.05) is 4.90 Å². The second-order valence-corrected chi connectivity index (χ2v) is 7.65. The van der Waals surface area contributed by atoms with Crippen LogP contribution in [-0.4, -0.2) is 59.9 Å². The number of amides is 2. The normalized spacial score (nSPS) is 27.7. The summed E-state index contributed by atoms with van der Waals surface area (Å²) < 4.78 is 0. The van der Waals surface area contributed by atoms with Gasteiger partial charge in [0.2, 0.25) is 11.8 Å². The van der Waals surface area contributed by atoms with E-state index < -0.39 is 0 Å². The average Bonchev–Trinajstić information content (AvgIpc) is 2.88. The van der Waals surface area contributed by atoms with Crippen molar-refractivity contribution in [1.82, 2.24) is 15.1 Å². The molecule has 0 aromatic carbocycles. The van der Waals surface area contributed by atoms with E-state index in [1.54, 1.807) is 6.92 Å². The van der Waals surface area contributed by atoms with Gasteiger partial charge in [0.05, 0.1) is 0 Å². The Morgan fingerprint density at radius 3 is 2.43 bits per heavy atom. The maximum atomic E-state index is 12.3.